The number of carbonyl (C=O) groups excluding carboxylic acids is 2. The van der Waals surface area contributed by atoms with E-state index in [1.807, 2.05) is 6.07 Å². The molecule has 1 amide bonds. The summed E-state index contributed by atoms with van der Waals surface area (Å²) in [5.74, 6) is 0.193. The lowest BCUT2D eigenvalue weighted by Crippen LogP contribution is -2.34. The Hall–Kier alpha value is -2.53. The minimum atomic E-state index is -0.383. The predicted molar refractivity (Wildman–Crippen MR) is 96.9 cm³/mol. The lowest BCUT2D eigenvalue weighted by molar-refractivity contribution is 0.0600. The van der Waals surface area contributed by atoms with Gasteiger partial charge in [0.25, 0.3) is 5.91 Å². The van der Waals surface area contributed by atoms with Crippen molar-refractivity contribution in [3.63, 3.8) is 0 Å². The molecule has 4 rings (SSSR count). The van der Waals surface area contributed by atoms with Gasteiger partial charge >= 0.3 is 5.97 Å². The van der Waals surface area contributed by atoms with Gasteiger partial charge in [-0.15, -0.1) is 0 Å². The van der Waals surface area contributed by atoms with Gasteiger partial charge in [0.15, 0.2) is 0 Å². The first-order chi connectivity index (χ1) is 12.5. The van der Waals surface area contributed by atoms with Gasteiger partial charge in [-0.3, -0.25) is 4.79 Å². The highest BCUT2D eigenvalue weighted by molar-refractivity contribution is 6.33. The molecule has 1 saturated carbocycles. The van der Waals surface area contributed by atoms with Crippen LogP contribution in [0.4, 0.5) is 0 Å². The van der Waals surface area contributed by atoms with Crippen LogP contribution in [0.25, 0.3) is 0 Å². The van der Waals surface area contributed by atoms with E-state index >= 15 is 0 Å². The first kappa shape index (κ1) is 16.9. The van der Waals surface area contributed by atoms with Crippen molar-refractivity contribution >= 4 is 23.5 Å². The number of rotatable bonds is 3. The Labute approximate surface area is 156 Å². The average molecular weight is 372 g/mol. The number of hydrogen-bond donors (Lipinski definition) is 1. The number of halogens is 1. The van der Waals surface area contributed by atoms with Gasteiger partial charge in [-0.05, 0) is 43.2 Å². The second-order valence-corrected chi connectivity index (χ2v) is 7.07. The fourth-order valence-corrected chi connectivity index (χ4v) is 3.94. The Morgan fingerprint density at radius 2 is 2.08 bits per heavy atom. The molecule has 1 heterocycles. The molecule has 1 aliphatic carbocycles. The van der Waals surface area contributed by atoms with Gasteiger partial charge in [0.1, 0.15) is 5.75 Å². The van der Waals surface area contributed by atoms with E-state index < -0.39 is 0 Å². The zero-order valence-electron chi connectivity index (χ0n) is 14.3. The maximum Gasteiger partial charge on any atom is 0.337 e. The zero-order chi connectivity index (χ0) is 18.3. The number of benzene rings is 2. The van der Waals surface area contributed by atoms with E-state index in [4.69, 9.17) is 21.1 Å². The molecular formula is C20H18ClNO4. The summed E-state index contributed by atoms with van der Waals surface area (Å²) in [6.07, 6.45) is 1.60. The predicted octanol–water partition coefficient (Wildman–Crippen LogP) is 3.35. The van der Waals surface area contributed by atoms with Gasteiger partial charge in [0.05, 0.1) is 29.9 Å². The molecular weight excluding hydrogens is 354 g/mol. The summed E-state index contributed by atoms with van der Waals surface area (Å²) in [7, 11) is 1.36. The molecule has 2 aromatic rings. The average Bonchev–Trinajstić information content (AvgIpc) is 3.33. The highest BCUT2D eigenvalue weighted by Crippen LogP contribution is 2.56. The Morgan fingerprint density at radius 3 is 2.85 bits per heavy atom. The quantitative estimate of drug-likeness (QED) is 0.840. The molecule has 1 spiro atoms. The fourth-order valence-electron chi connectivity index (χ4n) is 3.72. The van der Waals surface area contributed by atoms with E-state index in [-0.39, 0.29) is 23.3 Å². The van der Waals surface area contributed by atoms with Crippen LogP contribution in [-0.2, 0) is 10.2 Å². The summed E-state index contributed by atoms with van der Waals surface area (Å²) < 4.78 is 10.6. The van der Waals surface area contributed by atoms with Gasteiger partial charge in [-0.1, -0.05) is 23.7 Å². The van der Waals surface area contributed by atoms with Crippen LogP contribution in [0.1, 0.15) is 39.1 Å². The summed E-state index contributed by atoms with van der Waals surface area (Å²) in [4.78, 5) is 24.4. The Bertz CT molecular complexity index is 897. The molecule has 1 N–H and O–H groups in total. The lowest BCUT2D eigenvalue weighted by atomic mass is 9.88. The molecule has 2 atom stereocenters. The molecule has 1 unspecified atom stereocenters. The third-order valence-electron chi connectivity index (χ3n) is 5.24. The first-order valence-electron chi connectivity index (χ1n) is 8.46. The number of ether oxygens (including phenoxy) is 2. The molecule has 2 aromatic carbocycles. The summed E-state index contributed by atoms with van der Waals surface area (Å²) in [5, 5.41) is 3.51. The van der Waals surface area contributed by atoms with Crippen molar-refractivity contribution in [1.29, 1.82) is 0 Å². The van der Waals surface area contributed by atoms with Crippen molar-refractivity contribution in [2.45, 2.75) is 24.3 Å². The van der Waals surface area contributed by atoms with Crippen LogP contribution in [0.2, 0.25) is 5.02 Å². The Morgan fingerprint density at radius 1 is 1.27 bits per heavy atom. The Balaban J connectivity index is 1.60. The number of nitrogens with one attached hydrogen (secondary N) is 1. The third-order valence-corrected chi connectivity index (χ3v) is 5.57. The lowest BCUT2D eigenvalue weighted by Gasteiger charge is -2.27. The summed E-state index contributed by atoms with van der Waals surface area (Å²) in [6, 6.07) is 12.3. The van der Waals surface area contributed by atoms with Gasteiger partial charge in [0, 0.05) is 17.0 Å². The van der Waals surface area contributed by atoms with Crippen molar-refractivity contribution in [3.8, 4) is 5.75 Å². The van der Waals surface area contributed by atoms with Crippen LogP contribution in [0, 0.1) is 0 Å². The number of carbonyl (C=O) groups is 2. The van der Waals surface area contributed by atoms with Gasteiger partial charge in [0.2, 0.25) is 0 Å². The van der Waals surface area contributed by atoms with Gasteiger partial charge in [-0.2, -0.15) is 0 Å². The zero-order valence-corrected chi connectivity index (χ0v) is 15.0. The molecule has 2 aliphatic rings. The second kappa shape index (κ2) is 6.32. The van der Waals surface area contributed by atoms with Crippen molar-refractivity contribution in [1.82, 2.24) is 5.32 Å². The Kier molecular flexibility index (Phi) is 4.11. The second-order valence-electron chi connectivity index (χ2n) is 6.67. The highest BCUT2D eigenvalue weighted by atomic mass is 35.5. The maximum absolute atomic E-state index is 12.6. The minimum absolute atomic E-state index is 0.0122. The standard InChI is InChI=1S/C20H18ClNO4/c1-25-19(24)12-6-7-16-14(10-12)20(8-9-26-16)11-17(20)22-18(23)13-4-2-3-5-15(13)21/h2-7,10,17H,8-9,11H2,1H3,(H,22,23)/t17?,20-/m1/s1. The molecule has 1 fully saturated rings. The number of hydrogen-bond acceptors (Lipinski definition) is 4. The molecule has 1 aliphatic heterocycles. The molecule has 5 nitrogen and oxygen atoms in total. The van der Waals surface area contributed by atoms with Crippen LogP contribution in [0.5, 0.6) is 5.75 Å². The van der Waals surface area contributed by atoms with Gasteiger partial charge < -0.3 is 14.8 Å². The largest absolute Gasteiger partial charge is 0.493 e. The monoisotopic (exact) mass is 371 g/mol. The van der Waals surface area contributed by atoms with Crippen molar-refractivity contribution in [2.75, 3.05) is 13.7 Å². The van der Waals surface area contributed by atoms with Crippen molar-refractivity contribution < 1.29 is 19.1 Å². The van der Waals surface area contributed by atoms with E-state index in [1.54, 1.807) is 36.4 Å². The van der Waals surface area contributed by atoms with Crippen molar-refractivity contribution in [2.24, 2.45) is 0 Å². The van der Waals surface area contributed by atoms with E-state index in [1.165, 1.54) is 7.11 Å². The highest BCUT2D eigenvalue weighted by Gasteiger charge is 2.58. The van der Waals surface area contributed by atoms with Crippen LogP contribution in [0.3, 0.4) is 0 Å². The van der Waals surface area contributed by atoms with Crippen LogP contribution < -0.4 is 10.1 Å². The summed E-state index contributed by atoms with van der Waals surface area (Å²) in [6.45, 7) is 0.586. The summed E-state index contributed by atoms with van der Waals surface area (Å²) in [5.41, 5.74) is 1.70. The van der Waals surface area contributed by atoms with E-state index in [0.29, 0.717) is 22.8 Å². The van der Waals surface area contributed by atoms with E-state index in [0.717, 1.165) is 24.2 Å². The molecule has 26 heavy (non-hydrogen) atoms. The van der Waals surface area contributed by atoms with Gasteiger partial charge in [-0.25, -0.2) is 4.79 Å². The third kappa shape index (κ3) is 2.72. The maximum atomic E-state index is 12.6. The smallest absolute Gasteiger partial charge is 0.337 e. The van der Waals surface area contributed by atoms with E-state index in [9.17, 15) is 9.59 Å². The first-order valence-corrected chi connectivity index (χ1v) is 8.84. The van der Waals surface area contributed by atoms with Crippen molar-refractivity contribution in [3.05, 3.63) is 64.2 Å². The number of methoxy groups -OCH3 is 1. The molecule has 6 heteroatoms. The molecule has 0 aromatic heterocycles. The minimum Gasteiger partial charge on any atom is -0.493 e. The molecule has 134 valence electrons. The molecule has 0 bridgehead atoms. The normalized spacial score (nSPS) is 22.9. The molecule has 0 saturated heterocycles. The number of esters is 1. The van der Waals surface area contributed by atoms with Crippen LogP contribution in [-0.4, -0.2) is 31.6 Å². The topological polar surface area (TPSA) is 64.6 Å². The number of fused-ring (bicyclic) bond motifs is 2. The fraction of sp³-hybridized carbons (Fsp3) is 0.300. The van der Waals surface area contributed by atoms with E-state index in [2.05, 4.69) is 5.32 Å². The molecule has 0 radical (unpaired) electrons. The van der Waals surface area contributed by atoms with Crippen LogP contribution >= 0.6 is 11.6 Å². The number of amides is 1. The SMILES string of the molecule is COC(=O)c1ccc2c(c1)[C@@]1(CCO2)CC1NC(=O)c1ccccc1Cl. The van der Waals surface area contributed by atoms with Crippen LogP contribution in [0.15, 0.2) is 42.5 Å². The summed E-state index contributed by atoms with van der Waals surface area (Å²) >= 11 is 6.12.